The lowest BCUT2D eigenvalue weighted by atomic mass is 10.1. The number of piperidine rings is 1. The lowest BCUT2D eigenvalue weighted by molar-refractivity contribution is -0.130. The summed E-state index contributed by atoms with van der Waals surface area (Å²) in [6, 6.07) is 7.76. The van der Waals surface area contributed by atoms with E-state index in [-0.39, 0.29) is 12.0 Å². The molecule has 1 saturated heterocycles. The van der Waals surface area contributed by atoms with E-state index >= 15 is 0 Å². The van der Waals surface area contributed by atoms with E-state index in [1.165, 1.54) is 6.42 Å². The van der Waals surface area contributed by atoms with Gasteiger partial charge in [0.05, 0.1) is 18.3 Å². The summed E-state index contributed by atoms with van der Waals surface area (Å²) >= 11 is 0. The summed E-state index contributed by atoms with van der Waals surface area (Å²) in [5, 5.41) is 3.20. The monoisotopic (exact) mass is 276 g/mol. The largest absolute Gasteiger partial charge is 0.489 e. The van der Waals surface area contributed by atoms with Crippen LogP contribution >= 0.6 is 0 Å². The van der Waals surface area contributed by atoms with Crippen molar-refractivity contribution in [3.05, 3.63) is 24.3 Å². The molecule has 1 aliphatic rings. The van der Waals surface area contributed by atoms with Gasteiger partial charge < -0.3 is 15.0 Å². The molecule has 110 valence electrons. The standard InChI is InChI=1S/C16H24N2O2/c1-13(2)20-15-9-5-4-8-14(15)17-12-16(19)18-10-6-3-7-11-18/h4-5,8-9,13,17H,3,6-7,10-12H2,1-2H3. The maximum atomic E-state index is 12.1. The maximum Gasteiger partial charge on any atom is 0.241 e. The molecule has 1 fully saturated rings. The van der Waals surface area contributed by atoms with Gasteiger partial charge >= 0.3 is 0 Å². The second-order valence-electron chi connectivity index (χ2n) is 5.46. The number of hydrogen-bond donors (Lipinski definition) is 1. The Morgan fingerprint density at radius 3 is 2.65 bits per heavy atom. The highest BCUT2D eigenvalue weighted by atomic mass is 16.5. The summed E-state index contributed by atoms with van der Waals surface area (Å²) < 4.78 is 5.74. The van der Waals surface area contributed by atoms with Crippen LogP contribution in [0, 0.1) is 0 Å². The first-order valence-corrected chi connectivity index (χ1v) is 7.44. The van der Waals surface area contributed by atoms with Crippen LogP contribution in [0.25, 0.3) is 0 Å². The first kappa shape index (κ1) is 14.7. The summed E-state index contributed by atoms with van der Waals surface area (Å²) in [6.45, 7) is 6.11. The van der Waals surface area contributed by atoms with Gasteiger partial charge in [0, 0.05) is 13.1 Å². The number of benzene rings is 1. The fourth-order valence-electron chi connectivity index (χ4n) is 2.40. The number of nitrogens with zero attached hydrogens (tertiary/aromatic N) is 1. The first-order chi connectivity index (χ1) is 9.66. The van der Waals surface area contributed by atoms with Gasteiger partial charge in [0.2, 0.25) is 5.91 Å². The summed E-state index contributed by atoms with van der Waals surface area (Å²) in [5.74, 6) is 0.970. The average Bonchev–Trinajstić information content (AvgIpc) is 2.46. The molecule has 1 N–H and O–H groups in total. The van der Waals surface area contributed by atoms with Crippen molar-refractivity contribution in [2.75, 3.05) is 25.0 Å². The molecule has 1 amide bonds. The smallest absolute Gasteiger partial charge is 0.241 e. The Morgan fingerprint density at radius 1 is 1.25 bits per heavy atom. The van der Waals surface area contributed by atoms with E-state index < -0.39 is 0 Å². The molecule has 0 bridgehead atoms. The second-order valence-corrected chi connectivity index (χ2v) is 5.46. The van der Waals surface area contributed by atoms with E-state index in [0.29, 0.717) is 6.54 Å². The van der Waals surface area contributed by atoms with E-state index in [1.807, 2.05) is 43.0 Å². The molecule has 0 spiro atoms. The number of carbonyl (C=O) groups excluding carboxylic acids is 1. The van der Waals surface area contributed by atoms with Gasteiger partial charge in [0.25, 0.3) is 0 Å². The van der Waals surface area contributed by atoms with Crippen molar-refractivity contribution >= 4 is 11.6 Å². The molecule has 2 rings (SSSR count). The molecule has 0 aliphatic carbocycles. The molecule has 4 heteroatoms. The van der Waals surface area contributed by atoms with Gasteiger partial charge in [-0.15, -0.1) is 0 Å². The minimum Gasteiger partial charge on any atom is -0.489 e. The van der Waals surface area contributed by atoms with Crippen molar-refractivity contribution < 1.29 is 9.53 Å². The zero-order valence-electron chi connectivity index (χ0n) is 12.4. The first-order valence-electron chi connectivity index (χ1n) is 7.44. The van der Waals surface area contributed by atoms with Crippen LogP contribution in [-0.4, -0.2) is 36.5 Å². The summed E-state index contributed by atoms with van der Waals surface area (Å²) in [4.78, 5) is 14.1. The average molecular weight is 276 g/mol. The van der Waals surface area contributed by atoms with Crippen LogP contribution in [0.3, 0.4) is 0 Å². The third-order valence-corrected chi connectivity index (χ3v) is 3.39. The van der Waals surface area contributed by atoms with Crippen LogP contribution in [0.4, 0.5) is 5.69 Å². The number of para-hydroxylation sites is 2. The summed E-state index contributed by atoms with van der Waals surface area (Å²) in [5.41, 5.74) is 0.881. The zero-order valence-corrected chi connectivity index (χ0v) is 12.4. The number of amides is 1. The van der Waals surface area contributed by atoms with Crippen molar-refractivity contribution in [3.63, 3.8) is 0 Å². The molecule has 1 aromatic carbocycles. The van der Waals surface area contributed by atoms with E-state index in [1.54, 1.807) is 0 Å². The van der Waals surface area contributed by atoms with E-state index in [2.05, 4.69) is 5.32 Å². The normalized spacial score (nSPS) is 15.2. The summed E-state index contributed by atoms with van der Waals surface area (Å²) in [6.07, 6.45) is 3.61. The molecular formula is C16H24N2O2. The molecule has 0 saturated carbocycles. The van der Waals surface area contributed by atoms with Crippen LogP contribution in [0.15, 0.2) is 24.3 Å². The number of likely N-dealkylation sites (tertiary alicyclic amines) is 1. The Kier molecular flexibility index (Phi) is 5.27. The lowest BCUT2D eigenvalue weighted by Crippen LogP contribution is -2.39. The molecule has 0 radical (unpaired) electrons. The van der Waals surface area contributed by atoms with Crippen LogP contribution in [0.1, 0.15) is 33.1 Å². The Morgan fingerprint density at radius 2 is 1.95 bits per heavy atom. The lowest BCUT2D eigenvalue weighted by Gasteiger charge is -2.27. The zero-order chi connectivity index (χ0) is 14.4. The number of rotatable bonds is 5. The molecule has 1 heterocycles. The Labute approximate surface area is 121 Å². The highest BCUT2D eigenvalue weighted by Crippen LogP contribution is 2.24. The molecule has 4 nitrogen and oxygen atoms in total. The van der Waals surface area contributed by atoms with Crippen molar-refractivity contribution in [3.8, 4) is 5.75 Å². The van der Waals surface area contributed by atoms with Gasteiger partial charge in [0.1, 0.15) is 5.75 Å². The van der Waals surface area contributed by atoms with E-state index in [4.69, 9.17) is 4.74 Å². The molecule has 0 unspecified atom stereocenters. The number of ether oxygens (including phenoxy) is 1. The van der Waals surface area contributed by atoms with Gasteiger partial charge in [-0.05, 0) is 45.2 Å². The third-order valence-electron chi connectivity index (χ3n) is 3.39. The van der Waals surface area contributed by atoms with Crippen molar-refractivity contribution in [1.82, 2.24) is 4.90 Å². The van der Waals surface area contributed by atoms with Crippen LogP contribution in [-0.2, 0) is 4.79 Å². The van der Waals surface area contributed by atoms with Gasteiger partial charge in [-0.1, -0.05) is 12.1 Å². The minimum absolute atomic E-state index is 0.121. The number of anilines is 1. The fourth-order valence-corrected chi connectivity index (χ4v) is 2.40. The van der Waals surface area contributed by atoms with Crippen molar-refractivity contribution in [2.45, 2.75) is 39.2 Å². The molecule has 1 aromatic rings. The second kappa shape index (κ2) is 7.17. The van der Waals surface area contributed by atoms with E-state index in [9.17, 15) is 4.79 Å². The molecule has 1 aliphatic heterocycles. The highest BCUT2D eigenvalue weighted by Gasteiger charge is 2.16. The number of hydrogen-bond acceptors (Lipinski definition) is 3. The Balaban J connectivity index is 1.91. The third kappa shape index (κ3) is 4.15. The van der Waals surface area contributed by atoms with Gasteiger partial charge in [0.15, 0.2) is 0 Å². The topological polar surface area (TPSA) is 41.6 Å². The molecule has 0 atom stereocenters. The van der Waals surface area contributed by atoms with Crippen molar-refractivity contribution in [2.24, 2.45) is 0 Å². The number of nitrogens with one attached hydrogen (secondary N) is 1. The predicted molar refractivity (Wildman–Crippen MR) is 81.1 cm³/mol. The highest BCUT2D eigenvalue weighted by molar-refractivity contribution is 5.81. The predicted octanol–water partition coefficient (Wildman–Crippen LogP) is 2.90. The number of carbonyl (C=O) groups is 1. The Hall–Kier alpha value is -1.71. The van der Waals surface area contributed by atoms with E-state index in [0.717, 1.165) is 37.4 Å². The quantitative estimate of drug-likeness (QED) is 0.899. The minimum atomic E-state index is 0.121. The fraction of sp³-hybridized carbons (Fsp3) is 0.562. The molecular weight excluding hydrogens is 252 g/mol. The van der Waals surface area contributed by atoms with Gasteiger partial charge in [-0.2, -0.15) is 0 Å². The SMILES string of the molecule is CC(C)Oc1ccccc1NCC(=O)N1CCCCC1. The van der Waals surface area contributed by atoms with Crippen LogP contribution < -0.4 is 10.1 Å². The van der Waals surface area contributed by atoms with Gasteiger partial charge in [-0.25, -0.2) is 0 Å². The summed E-state index contributed by atoms with van der Waals surface area (Å²) in [7, 11) is 0. The maximum absolute atomic E-state index is 12.1. The Bertz CT molecular complexity index is 440. The van der Waals surface area contributed by atoms with Gasteiger partial charge in [-0.3, -0.25) is 4.79 Å². The van der Waals surface area contributed by atoms with Crippen molar-refractivity contribution in [1.29, 1.82) is 0 Å². The molecule has 0 aromatic heterocycles. The molecule has 20 heavy (non-hydrogen) atoms. The van der Waals surface area contributed by atoms with Crippen LogP contribution in [0.5, 0.6) is 5.75 Å². The van der Waals surface area contributed by atoms with Crippen LogP contribution in [0.2, 0.25) is 0 Å².